The first kappa shape index (κ1) is 19.7. The number of ether oxygens (including phenoxy) is 2. The van der Waals surface area contributed by atoms with Gasteiger partial charge in [-0.25, -0.2) is 4.79 Å². The monoisotopic (exact) mass is 430 g/mol. The van der Waals surface area contributed by atoms with Crippen molar-refractivity contribution in [3.05, 3.63) is 75.3 Å². The summed E-state index contributed by atoms with van der Waals surface area (Å²) in [5.74, 6) is -2.55. The molecule has 1 aliphatic heterocycles. The van der Waals surface area contributed by atoms with Crippen LogP contribution < -0.4 is 4.74 Å². The Hall–Kier alpha value is -2.63. The van der Waals surface area contributed by atoms with E-state index in [1.54, 1.807) is 49.4 Å². The number of esters is 2. The van der Waals surface area contributed by atoms with Crippen LogP contribution in [0.15, 0.2) is 54.1 Å². The third-order valence-corrected chi connectivity index (χ3v) is 5.81. The molecule has 0 fully saturated rings. The lowest BCUT2D eigenvalue weighted by Gasteiger charge is -2.38. The van der Waals surface area contributed by atoms with Crippen LogP contribution in [-0.4, -0.2) is 24.3 Å². The minimum Gasteiger partial charge on any atom is -0.463 e. The largest absolute Gasteiger partial charge is 0.463 e. The van der Waals surface area contributed by atoms with Crippen molar-refractivity contribution >= 4 is 40.9 Å². The number of Topliss-reactive ketones (excluding diaryl/α,β-unsaturated/α-hetero) is 1. The lowest BCUT2D eigenvalue weighted by atomic mass is 9.66. The van der Waals surface area contributed by atoms with Crippen LogP contribution in [0.4, 0.5) is 0 Å². The molecule has 1 heterocycles. The fourth-order valence-corrected chi connectivity index (χ4v) is 4.62. The third-order valence-electron chi connectivity index (χ3n) is 5.31. The SMILES string of the molecule is CCOC(=O)C1=CCC2(C(=O)c3ccccc3)C(=O)Oc3c(Cl)cc(Cl)cc3C12. The molecule has 0 saturated carbocycles. The number of benzene rings is 2. The first-order chi connectivity index (χ1) is 13.9. The molecule has 0 N–H and O–H groups in total. The molecule has 0 amide bonds. The van der Waals surface area contributed by atoms with E-state index in [1.807, 2.05) is 0 Å². The maximum Gasteiger partial charge on any atom is 0.334 e. The predicted molar refractivity (Wildman–Crippen MR) is 107 cm³/mol. The summed E-state index contributed by atoms with van der Waals surface area (Å²) in [6, 6.07) is 11.5. The molecule has 5 nitrogen and oxygen atoms in total. The van der Waals surface area contributed by atoms with Gasteiger partial charge in [0.2, 0.25) is 0 Å². The van der Waals surface area contributed by atoms with Gasteiger partial charge in [0.15, 0.2) is 11.5 Å². The lowest BCUT2D eigenvalue weighted by Crippen LogP contribution is -2.48. The summed E-state index contributed by atoms with van der Waals surface area (Å²) in [6.45, 7) is 1.85. The Labute approximate surface area is 177 Å². The molecule has 4 rings (SSSR count). The van der Waals surface area contributed by atoms with E-state index >= 15 is 0 Å². The van der Waals surface area contributed by atoms with Gasteiger partial charge in [0.1, 0.15) is 5.41 Å². The van der Waals surface area contributed by atoms with Crippen LogP contribution in [0.1, 0.15) is 35.2 Å². The average Bonchev–Trinajstić information content (AvgIpc) is 3.12. The molecule has 2 aliphatic rings. The van der Waals surface area contributed by atoms with Crippen LogP contribution in [0.25, 0.3) is 0 Å². The van der Waals surface area contributed by atoms with E-state index in [0.717, 1.165) is 0 Å². The highest BCUT2D eigenvalue weighted by atomic mass is 35.5. The summed E-state index contributed by atoms with van der Waals surface area (Å²) in [6.07, 6.45) is 1.59. The molecule has 0 spiro atoms. The molecule has 2 unspecified atom stereocenters. The van der Waals surface area contributed by atoms with Crippen LogP contribution in [0.5, 0.6) is 5.75 Å². The molecular formula is C22H16Cl2O5. The Kier molecular flexibility index (Phi) is 4.97. The van der Waals surface area contributed by atoms with Gasteiger partial charge in [0, 0.05) is 27.6 Å². The summed E-state index contributed by atoms with van der Waals surface area (Å²) in [5, 5.41) is 0.444. The zero-order chi connectivity index (χ0) is 20.8. The first-order valence-corrected chi connectivity index (χ1v) is 9.84. The molecule has 0 radical (unpaired) electrons. The number of hydrogen-bond donors (Lipinski definition) is 0. The van der Waals surface area contributed by atoms with Gasteiger partial charge in [-0.05, 0) is 25.5 Å². The van der Waals surface area contributed by atoms with Crippen LogP contribution in [0.3, 0.4) is 0 Å². The van der Waals surface area contributed by atoms with E-state index in [-0.39, 0.29) is 29.4 Å². The minimum atomic E-state index is -1.62. The van der Waals surface area contributed by atoms with Gasteiger partial charge in [0.25, 0.3) is 0 Å². The molecule has 0 aromatic heterocycles. The minimum absolute atomic E-state index is 0.0158. The highest BCUT2D eigenvalue weighted by Crippen LogP contribution is 2.58. The van der Waals surface area contributed by atoms with Crippen molar-refractivity contribution in [2.24, 2.45) is 5.41 Å². The Morgan fingerprint density at radius 3 is 2.62 bits per heavy atom. The maximum atomic E-state index is 13.6. The van der Waals surface area contributed by atoms with Crippen LogP contribution in [0, 0.1) is 5.41 Å². The molecule has 1 aliphatic carbocycles. The second-order valence-corrected chi connectivity index (χ2v) is 7.72. The molecular weight excluding hydrogens is 415 g/mol. The fraction of sp³-hybridized carbons (Fsp3) is 0.227. The number of halogens is 2. The van der Waals surface area contributed by atoms with Gasteiger partial charge in [0.05, 0.1) is 11.6 Å². The van der Waals surface area contributed by atoms with Gasteiger partial charge < -0.3 is 9.47 Å². The standard InChI is InChI=1S/C22H16Cl2O5/c1-2-28-20(26)14-8-9-22(19(25)12-6-4-3-5-7-12)17(14)15-10-13(23)11-16(24)18(15)29-21(22)27/h3-8,10-11,17H,2,9H2,1H3. The van der Waals surface area contributed by atoms with Crippen LogP contribution in [-0.2, 0) is 14.3 Å². The fourth-order valence-electron chi connectivity index (χ4n) is 4.07. The molecule has 2 aromatic rings. The van der Waals surface area contributed by atoms with Gasteiger partial charge in [-0.3, -0.25) is 9.59 Å². The Bertz CT molecular complexity index is 1060. The molecule has 2 aromatic carbocycles. The maximum absolute atomic E-state index is 13.6. The second-order valence-electron chi connectivity index (χ2n) is 6.88. The first-order valence-electron chi connectivity index (χ1n) is 9.08. The number of carbonyl (C=O) groups is 3. The van der Waals surface area contributed by atoms with Gasteiger partial charge in [-0.1, -0.05) is 59.6 Å². The van der Waals surface area contributed by atoms with Gasteiger partial charge in [-0.2, -0.15) is 0 Å². The number of carbonyl (C=O) groups excluding carboxylic acids is 3. The number of allylic oxidation sites excluding steroid dienone is 1. The summed E-state index contributed by atoms with van der Waals surface area (Å²) in [5.41, 5.74) is -0.620. The topological polar surface area (TPSA) is 69.7 Å². The van der Waals surface area contributed by atoms with Crippen LogP contribution >= 0.6 is 23.2 Å². The summed E-state index contributed by atoms with van der Waals surface area (Å²) in [4.78, 5) is 39.5. The van der Waals surface area contributed by atoms with E-state index < -0.39 is 29.1 Å². The van der Waals surface area contributed by atoms with Crippen molar-refractivity contribution in [3.63, 3.8) is 0 Å². The number of fused-ring (bicyclic) bond motifs is 3. The van der Waals surface area contributed by atoms with Crippen molar-refractivity contribution in [2.75, 3.05) is 6.61 Å². The van der Waals surface area contributed by atoms with Crippen molar-refractivity contribution in [3.8, 4) is 5.75 Å². The van der Waals surface area contributed by atoms with Crippen molar-refractivity contribution in [1.29, 1.82) is 0 Å². The predicted octanol–water partition coefficient (Wildman–Crippen LogP) is 4.76. The van der Waals surface area contributed by atoms with Crippen molar-refractivity contribution < 1.29 is 23.9 Å². The molecule has 0 saturated heterocycles. The third kappa shape index (κ3) is 2.96. The van der Waals surface area contributed by atoms with E-state index in [4.69, 9.17) is 32.7 Å². The molecule has 148 valence electrons. The zero-order valence-electron chi connectivity index (χ0n) is 15.4. The quantitative estimate of drug-likeness (QED) is 0.302. The number of rotatable bonds is 4. The van der Waals surface area contributed by atoms with E-state index in [1.165, 1.54) is 6.07 Å². The lowest BCUT2D eigenvalue weighted by molar-refractivity contribution is -0.145. The molecule has 2 atom stereocenters. The highest BCUT2D eigenvalue weighted by molar-refractivity contribution is 6.36. The Balaban J connectivity index is 1.94. The molecule has 29 heavy (non-hydrogen) atoms. The van der Waals surface area contributed by atoms with Crippen LogP contribution in [0.2, 0.25) is 10.0 Å². The summed E-state index contributed by atoms with van der Waals surface area (Å²) >= 11 is 12.4. The van der Waals surface area contributed by atoms with Gasteiger partial charge in [-0.15, -0.1) is 0 Å². The smallest absolute Gasteiger partial charge is 0.334 e. The van der Waals surface area contributed by atoms with E-state index in [9.17, 15) is 14.4 Å². The second kappa shape index (κ2) is 7.32. The summed E-state index contributed by atoms with van der Waals surface area (Å²) in [7, 11) is 0. The van der Waals surface area contributed by atoms with Gasteiger partial charge >= 0.3 is 11.9 Å². The summed E-state index contributed by atoms with van der Waals surface area (Å²) < 4.78 is 10.7. The van der Waals surface area contributed by atoms with E-state index in [0.29, 0.717) is 16.1 Å². The number of hydrogen-bond acceptors (Lipinski definition) is 5. The zero-order valence-corrected chi connectivity index (χ0v) is 16.9. The number of ketones is 1. The highest BCUT2D eigenvalue weighted by Gasteiger charge is 2.62. The molecule has 7 heteroatoms. The normalized spacial score (nSPS) is 22.2. The Morgan fingerprint density at radius 2 is 1.93 bits per heavy atom. The van der Waals surface area contributed by atoms with E-state index in [2.05, 4.69) is 0 Å². The average molecular weight is 431 g/mol. The molecule has 0 bridgehead atoms. The van der Waals surface area contributed by atoms with Crippen molar-refractivity contribution in [2.45, 2.75) is 19.3 Å². The van der Waals surface area contributed by atoms with Crippen molar-refractivity contribution in [1.82, 2.24) is 0 Å². The Morgan fingerprint density at radius 1 is 1.21 bits per heavy atom.